The summed E-state index contributed by atoms with van der Waals surface area (Å²) >= 11 is 1.72. The lowest BCUT2D eigenvalue weighted by Crippen LogP contribution is -2.32. The molecule has 90 valence electrons. The fourth-order valence-electron chi connectivity index (χ4n) is 2.15. The lowest BCUT2D eigenvalue weighted by Gasteiger charge is -2.26. The fraction of sp³-hybridized carbons (Fsp3) is 0.750. The Morgan fingerprint density at radius 2 is 2.19 bits per heavy atom. The normalized spacial score (nSPS) is 17.8. The summed E-state index contributed by atoms with van der Waals surface area (Å²) in [4.78, 5) is 7.99. The third-order valence-corrected chi connectivity index (χ3v) is 3.84. The number of thiazole rings is 1. The highest BCUT2D eigenvalue weighted by molar-refractivity contribution is 7.09. The minimum absolute atomic E-state index is 0.977. The fourth-order valence-corrected chi connectivity index (χ4v) is 2.72. The van der Waals surface area contributed by atoms with Gasteiger partial charge >= 0.3 is 0 Å². The average Bonchev–Trinajstić information content (AvgIpc) is 2.83. The third kappa shape index (κ3) is 4.20. The lowest BCUT2D eigenvalue weighted by molar-refractivity contribution is 0.225. The van der Waals surface area contributed by atoms with E-state index < -0.39 is 0 Å². The predicted molar refractivity (Wildman–Crippen MR) is 68.7 cm³/mol. The van der Waals surface area contributed by atoms with E-state index in [1.807, 2.05) is 11.7 Å². The van der Waals surface area contributed by atoms with Crippen molar-refractivity contribution >= 4 is 11.3 Å². The van der Waals surface area contributed by atoms with Gasteiger partial charge in [0.15, 0.2) is 0 Å². The molecule has 0 radical (unpaired) electrons. The number of aromatic nitrogens is 1. The molecule has 1 aliphatic heterocycles. The molecular formula is C12H21N3S. The molecule has 0 saturated carbocycles. The van der Waals surface area contributed by atoms with Crippen LogP contribution in [0.4, 0.5) is 0 Å². The van der Waals surface area contributed by atoms with E-state index in [9.17, 15) is 0 Å². The van der Waals surface area contributed by atoms with Crippen LogP contribution in [0.1, 0.15) is 30.6 Å². The number of rotatable bonds is 6. The molecule has 0 aromatic carbocycles. The summed E-state index contributed by atoms with van der Waals surface area (Å²) in [5.74, 6) is 0. The molecule has 2 rings (SSSR count). The van der Waals surface area contributed by atoms with E-state index in [-0.39, 0.29) is 0 Å². The van der Waals surface area contributed by atoms with Crippen LogP contribution in [0, 0.1) is 0 Å². The number of nitrogens with one attached hydrogen (secondary N) is 1. The smallest absolute Gasteiger partial charge is 0.0794 e. The molecule has 0 atom stereocenters. The van der Waals surface area contributed by atoms with Gasteiger partial charge in [-0.3, -0.25) is 4.98 Å². The minimum Gasteiger partial charge on any atom is -0.312 e. The van der Waals surface area contributed by atoms with Crippen molar-refractivity contribution in [2.24, 2.45) is 0 Å². The number of hydrogen-bond acceptors (Lipinski definition) is 4. The van der Waals surface area contributed by atoms with Crippen molar-refractivity contribution in [2.45, 2.75) is 32.2 Å². The molecule has 0 bridgehead atoms. The quantitative estimate of drug-likeness (QED) is 0.771. The number of hydrogen-bond donors (Lipinski definition) is 1. The summed E-state index contributed by atoms with van der Waals surface area (Å²) in [6.07, 6.45) is 7.43. The van der Waals surface area contributed by atoms with E-state index >= 15 is 0 Å². The van der Waals surface area contributed by atoms with E-state index in [0.717, 1.165) is 13.1 Å². The maximum atomic E-state index is 4.06. The third-order valence-electron chi connectivity index (χ3n) is 3.06. The molecule has 0 spiro atoms. The number of nitrogens with zero attached hydrogens (tertiary/aromatic N) is 2. The highest BCUT2D eigenvalue weighted by atomic mass is 32.1. The van der Waals surface area contributed by atoms with Crippen molar-refractivity contribution in [1.29, 1.82) is 0 Å². The van der Waals surface area contributed by atoms with E-state index in [2.05, 4.69) is 15.2 Å². The molecule has 4 heteroatoms. The van der Waals surface area contributed by atoms with Crippen LogP contribution >= 0.6 is 11.3 Å². The van der Waals surface area contributed by atoms with Crippen LogP contribution in [0.2, 0.25) is 0 Å². The molecule has 1 aromatic heterocycles. The van der Waals surface area contributed by atoms with E-state index in [1.165, 1.54) is 50.2 Å². The van der Waals surface area contributed by atoms with E-state index in [0.29, 0.717) is 0 Å². The standard InChI is InChI=1S/C12H21N3S/c1-2-6-15(7-3-1)8-4-5-13-9-12-10-14-11-16-12/h10-11,13H,1-9H2. The molecule has 1 fully saturated rings. The van der Waals surface area contributed by atoms with Crippen molar-refractivity contribution in [3.05, 3.63) is 16.6 Å². The molecule has 1 aliphatic rings. The van der Waals surface area contributed by atoms with Gasteiger partial charge in [-0.15, -0.1) is 11.3 Å². The largest absolute Gasteiger partial charge is 0.312 e. The van der Waals surface area contributed by atoms with Gasteiger partial charge in [0, 0.05) is 17.6 Å². The zero-order chi connectivity index (χ0) is 11.1. The first-order valence-corrected chi connectivity index (χ1v) is 7.13. The zero-order valence-corrected chi connectivity index (χ0v) is 10.6. The second-order valence-corrected chi connectivity index (χ2v) is 5.37. The lowest BCUT2D eigenvalue weighted by atomic mass is 10.1. The Morgan fingerprint density at radius 3 is 2.94 bits per heavy atom. The first-order chi connectivity index (χ1) is 7.95. The molecule has 1 N–H and O–H groups in total. The number of piperidine rings is 1. The second-order valence-electron chi connectivity index (χ2n) is 4.40. The van der Waals surface area contributed by atoms with Crippen molar-refractivity contribution in [1.82, 2.24) is 15.2 Å². The Hall–Kier alpha value is -0.450. The first kappa shape index (κ1) is 12.0. The van der Waals surface area contributed by atoms with Crippen molar-refractivity contribution in [3.63, 3.8) is 0 Å². The van der Waals surface area contributed by atoms with Gasteiger partial charge in [-0.25, -0.2) is 0 Å². The molecule has 3 nitrogen and oxygen atoms in total. The molecule has 0 amide bonds. The summed E-state index contributed by atoms with van der Waals surface area (Å²) in [5, 5.41) is 3.47. The SMILES string of the molecule is c1ncc(CNCCCN2CCCCC2)s1. The summed E-state index contributed by atoms with van der Waals surface area (Å²) in [6.45, 7) is 5.98. The topological polar surface area (TPSA) is 28.2 Å². The summed E-state index contributed by atoms with van der Waals surface area (Å²) in [5.41, 5.74) is 1.89. The van der Waals surface area contributed by atoms with Gasteiger partial charge in [-0.1, -0.05) is 6.42 Å². The van der Waals surface area contributed by atoms with Gasteiger partial charge in [-0.05, 0) is 45.4 Å². The summed E-state index contributed by atoms with van der Waals surface area (Å²) in [6, 6.07) is 0. The van der Waals surface area contributed by atoms with Crippen molar-refractivity contribution < 1.29 is 0 Å². The predicted octanol–water partition coefficient (Wildman–Crippen LogP) is 2.11. The molecule has 1 aromatic rings. The minimum atomic E-state index is 0.977. The Morgan fingerprint density at radius 1 is 1.31 bits per heavy atom. The molecule has 2 heterocycles. The van der Waals surface area contributed by atoms with E-state index in [4.69, 9.17) is 0 Å². The summed E-state index contributed by atoms with van der Waals surface area (Å²) in [7, 11) is 0. The number of likely N-dealkylation sites (tertiary alicyclic amines) is 1. The van der Waals surface area contributed by atoms with Crippen LogP contribution in [0.25, 0.3) is 0 Å². The van der Waals surface area contributed by atoms with Crippen LogP contribution in [0.5, 0.6) is 0 Å². The Labute approximate surface area is 102 Å². The van der Waals surface area contributed by atoms with Crippen LogP contribution in [-0.4, -0.2) is 36.1 Å². The van der Waals surface area contributed by atoms with Crippen molar-refractivity contribution in [3.8, 4) is 0 Å². The van der Waals surface area contributed by atoms with Gasteiger partial charge in [0.2, 0.25) is 0 Å². The maximum absolute atomic E-state index is 4.06. The average molecular weight is 239 g/mol. The van der Waals surface area contributed by atoms with Crippen LogP contribution < -0.4 is 5.32 Å². The van der Waals surface area contributed by atoms with Gasteiger partial charge in [0.25, 0.3) is 0 Å². The molecule has 0 aliphatic carbocycles. The monoisotopic (exact) mass is 239 g/mol. The van der Waals surface area contributed by atoms with Gasteiger partial charge in [0.1, 0.15) is 0 Å². The highest BCUT2D eigenvalue weighted by Gasteiger charge is 2.08. The molecular weight excluding hydrogens is 218 g/mol. The van der Waals surface area contributed by atoms with E-state index in [1.54, 1.807) is 11.3 Å². The van der Waals surface area contributed by atoms with Gasteiger partial charge < -0.3 is 10.2 Å². The van der Waals surface area contributed by atoms with Gasteiger partial charge in [-0.2, -0.15) is 0 Å². The molecule has 1 saturated heterocycles. The summed E-state index contributed by atoms with van der Waals surface area (Å²) < 4.78 is 0. The van der Waals surface area contributed by atoms with Crippen LogP contribution in [0.15, 0.2) is 11.7 Å². The van der Waals surface area contributed by atoms with Crippen LogP contribution in [-0.2, 0) is 6.54 Å². The van der Waals surface area contributed by atoms with Gasteiger partial charge in [0.05, 0.1) is 5.51 Å². The second kappa shape index (κ2) is 6.99. The Kier molecular flexibility index (Phi) is 5.25. The maximum Gasteiger partial charge on any atom is 0.0794 e. The van der Waals surface area contributed by atoms with Crippen molar-refractivity contribution in [2.75, 3.05) is 26.2 Å². The Balaban J connectivity index is 1.48. The van der Waals surface area contributed by atoms with Crippen LogP contribution in [0.3, 0.4) is 0 Å². The highest BCUT2D eigenvalue weighted by Crippen LogP contribution is 2.08. The molecule has 16 heavy (non-hydrogen) atoms. The molecule has 0 unspecified atom stereocenters. The Bertz CT molecular complexity index is 268. The first-order valence-electron chi connectivity index (χ1n) is 6.25. The zero-order valence-electron chi connectivity index (χ0n) is 9.82.